The summed E-state index contributed by atoms with van der Waals surface area (Å²) < 4.78 is 12.9. The maximum Gasteiger partial charge on any atom is 0.321 e. The molecule has 2 heterocycles. The van der Waals surface area contributed by atoms with Gasteiger partial charge < -0.3 is 15.5 Å². The summed E-state index contributed by atoms with van der Waals surface area (Å²) in [5, 5.41) is 9.75. The van der Waals surface area contributed by atoms with Gasteiger partial charge in [-0.05, 0) is 71.8 Å². The van der Waals surface area contributed by atoms with E-state index in [1.165, 1.54) is 12.1 Å². The van der Waals surface area contributed by atoms with Gasteiger partial charge >= 0.3 is 6.03 Å². The molecule has 7 heteroatoms. The molecule has 0 bridgehead atoms. The summed E-state index contributed by atoms with van der Waals surface area (Å²) in [5.74, 6) is 0.252. The number of halogens is 1. The van der Waals surface area contributed by atoms with Gasteiger partial charge in [0.25, 0.3) is 0 Å². The van der Waals surface area contributed by atoms with E-state index in [1.54, 1.807) is 28.4 Å². The molecular weight excluding hydrogens is 365 g/mol. The van der Waals surface area contributed by atoms with Crippen LogP contribution in [0.5, 0.6) is 0 Å². The van der Waals surface area contributed by atoms with Crippen LogP contribution in [0.1, 0.15) is 24.8 Å². The molecule has 2 N–H and O–H groups in total. The normalized spacial score (nSPS) is 14.8. The monoisotopic (exact) mass is 389 g/mol. The SMILES string of the molecule is O=C(Cc1ccsc1)NCCC1CCN(C(=O)Nc2ccc(F)cc2)CC1. The summed E-state index contributed by atoms with van der Waals surface area (Å²) in [6, 6.07) is 7.58. The van der Waals surface area contributed by atoms with Gasteiger partial charge in [0, 0.05) is 25.3 Å². The number of likely N-dealkylation sites (tertiary alicyclic amines) is 1. The van der Waals surface area contributed by atoms with E-state index in [1.807, 2.05) is 16.8 Å². The molecule has 1 aromatic carbocycles. The van der Waals surface area contributed by atoms with Crippen molar-refractivity contribution >= 4 is 29.0 Å². The predicted molar refractivity (Wildman–Crippen MR) is 105 cm³/mol. The van der Waals surface area contributed by atoms with E-state index in [-0.39, 0.29) is 17.8 Å². The zero-order chi connectivity index (χ0) is 19.1. The quantitative estimate of drug-likeness (QED) is 0.788. The van der Waals surface area contributed by atoms with Crippen LogP contribution in [0, 0.1) is 11.7 Å². The third-order valence-electron chi connectivity index (χ3n) is 4.82. The molecular formula is C20H24FN3O2S. The summed E-state index contributed by atoms with van der Waals surface area (Å²) in [6.45, 7) is 2.07. The van der Waals surface area contributed by atoms with Crippen LogP contribution in [-0.2, 0) is 11.2 Å². The predicted octanol–water partition coefficient (Wildman–Crippen LogP) is 3.88. The number of nitrogens with one attached hydrogen (secondary N) is 2. The smallest absolute Gasteiger partial charge is 0.321 e. The molecule has 0 aliphatic carbocycles. The first-order chi connectivity index (χ1) is 13.1. The number of carbonyl (C=O) groups is 2. The summed E-state index contributed by atoms with van der Waals surface area (Å²) in [6.07, 6.45) is 3.22. The third kappa shape index (κ3) is 6.06. The Hall–Kier alpha value is -2.41. The van der Waals surface area contributed by atoms with Crippen molar-refractivity contribution in [2.75, 3.05) is 25.0 Å². The molecule has 0 radical (unpaired) electrons. The van der Waals surface area contributed by atoms with Gasteiger partial charge in [0.2, 0.25) is 5.91 Å². The molecule has 3 amide bonds. The zero-order valence-electron chi connectivity index (χ0n) is 15.1. The molecule has 144 valence electrons. The third-order valence-corrected chi connectivity index (χ3v) is 5.55. The van der Waals surface area contributed by atoms with Crippen LogP contribution in [0.2, 0.25) is 0 Å². The van der Waals surface area contributed by atoms with Crippen LogP contribution in [0.4, 0.5) is 14.9 Å². The van der Waals surface area contributed by atoms with E-state index in [0.29, 0.717) is 37.7 Å². The molecule has 5 nitrogen and oxygen atoms in total. The largest absolute Gasteiger partial charge is 0.356 e. The Kier molecular flexibility index (Phi) is 6.81. The molecule has 1 aliphatic heterocycles. The number of rotatable bonds is 6. The van der Waals surface area contributed by atoms with Crippen LogP contribution in [0.15, 0.2) is 41.1 Å². The van der Waals surface area contributed by atoms with Crippen LogP contribution in [-0.4, -0.2) is 36.5 Å². The van der Waals surface area contributed by atoms with Gasteiger partial charge in [-0.3, -0.25) is 4.79 Å². The van der Waals surface area contributed by atoms with Gasteiger partial charge in [0.1, 0.15) is 5.82 Å². The van der Waals surface area contributed by atoms with Crippen molar-refractivity contribution in [2.24, 2.45) is 5.92 Å². The number of carbonyl (C=O) groups excluding carboxylic acids is 2. The Morgan fingerprint density at radius 3 is 2.56 bits per heavy atom. The van der Waals surface area contributed by atoms with Crippen LogP contribution < -0.4 is 10.6 Å². The molecule has 1 saturated heterocycles. The van der Waals surface area contributed by atoms with Crippen LogP contribution in [0.3, 0.4) is 0 Å². The number of anilines is 1. The second kappa shape index (κ2) is 9.50. The number of amides is 3. The minimum Gasteiger partial charge on any atom is -0.356 e. The fourth-order valence-electron chi connectivity index (χ4n) is 3.22. The number of nitrogens with zero attached hydrogens (tertiary/aromatic N) is 1. The number of urea groups is 1. The molecule has 0 atom stereocenters. The van der Waals surface area contributed by atoms with Gasteiger partial charge in [-0.15, -0.1) is 0 Å². The van der Waals surface area contributed by atoms with Crippen molar-refractivity contribution in [2.45, 2.75) is 25.7 Å². The van der Waals surface area contributed by atoms with Crippen molar-refractivity contribution in [3.05, 3.63) is 52.5 Å². The Labute approximate surface area is 162 Å². The first-order valence-corrected chi connectivity index (χ1v) is 10.1. The van der Waals surface area contributed by atoms with Gasteiger partial charge in [-0.25, -0.2) is 9.18 Å². The van der Waals surface area contributed by atoms with Gasteiger partial charge in [0.05, 0.1) is 6.42 Å². The van der Waals surface area contributed by atoms with E-state index in [2.05, 4.69) is 10.6 Å². The lowest BCUT2D eigenvalue weighted by Gasteiger charge is -2.32. The maximum absolute atomic E-state index is 12.9. The number of hydrogen-bond donors (Lipinski definition) is 2. The Morgan fingerprint density at radius 1 is 1.15 bits per heavy atom. The lowest BCUT2D eigenvalue weighted by Crippen LogP contribution is -2.41. The molecule has 1 aliphatic rings. The molecule has 27 heavy (non-hydrogen) atoms. The zero-order valence-corrected chi connectivity index (χ0v) is 15.9. The van der Waals surface area contributed by atoms with Crippen molar-refractivity contribution in [3.8, 4) is 0 Å². The Balaban J connectivity index is 1.33. The highest BCUT2D eigenvalue weighted by molar-refractivity contribution is 7.08. The number of piperidine rings is 1. The molecule has 2 aromatic rings. The van der Waals surface area contributed by atoms with Gasteiger partial charge in [-0.1, -0.05) is 0 Å². The highest BCUT2D eigenvalue weighted by Gasteiger charge is 2.22. The highest BCUT2D eigenvalue weighted by Crippen LogP contribution is 2.21. The second-order valence-corrected chi connectivity index (χ2v) is 7.59. The minimum absolute atomic E-state index is 0.0597. The summed E-state index contributed by atoms with van der Waals surface area (Å²) >= 11 is 1.60. The van der Waals surface area contributed by atoms with E-state index in [4.69, 9.17) is 0 Å². The summed E-state index contributed by atoms with van der Waals surface area (Å²) in [5.41, 5.74) is 1.65. The standard InChI is InChI=1S/C20H24FN3O2S/c21-17-1-3-18(4-2-17)23-20(26)24-10-6-15(7-11-24)5-9-22-19(25)13-16-8-12-27-14-16/h1-4,8,12,14-15H,5-7,9-11,13H2,(H,22,25)(H,23,26). The highest BCUT2D eigenvalue weighted by atomic mass is 32.1. The average Bonchev–Trinajstić information content (AvgIpc) is 3.17. The van der Waals surface area contributed by atoms with E-state index in [0.717, 1.165) is 24.8 Å². The molecule has 0 saturated carbocycles. The Morgan fingerprint density at radius 2 is 1.89 bits per heavy atom. The summed E-state index contributed by atoms with van der Waals surface area (Å²) in [4.78, 5) is 26.0. The van der Waals surface area contributed by atoms with Crippen molar-refractivity contribution in [1.29, 1.82) is 0 Å². The van der Waals surface area contributed by atoms with E-state index < -0.39 is 0 Å². The Bertz CT molecular complexity index is 741. The topological polar surface area (TPSA) is 61.4 Å². The fourth-order valence-corrected chi connectivity index (χ4v) is 3.89. The lowest BCUT2D eigenvalue weighted by molar-refractivity contribution is -0.120. The summed E-state index contributed by atoms with van der Waals surface area (Å²) in [7, 11) is 0. The maximum atomic E-state index is 12.9. The molecule has 3 rings (SSSR count). The lowest BCUT2D eigenvalue weighted by atomic mass is 9.93. The molecule has 0 spiro atoms. The van der Waals surface area contributed by atoms with E-state index in [9.17, 15) is 14.0 Å². The molecule has 1 fully saturated rings. The second-order valence-electron chi connectivity index (χ2n) is 6.81. The number of thiophene rings is 1. The molecule has 0 unspecified atom stereocenters. The number of hydrogen-bond acceptors (Lipinski definition) is 3. The molecule has 1 aromatic heterocycles. The fraction of sp³-hybridized carbons (Fsp3) is 0.400. The number of benzene rings is 1. The van der Waals surface area contributed by atoms with Gasteiger partial charge in [0.15, 0.2) is 0 Å². The first kappa shape index (κ1) is 19.4. The van der Waals surface area contributed by atoms with Crippen LogP contribution in [0.25, 0.3) is 0 Å². The van der Waals surface area contributed by atoms with Crippen molar-refractivity contribution in [3.63, 3.8) is 0 Å². The van der Waals surface area contributed by atoms with E-state index >= 15 is 0 Å². The first-order valence-electron chi connectivity index (χ1n) is 9.19. The van der Waals surface area contributed by atoms with Gasteiger partial charge in [-0.2, -0.15) is 11.3 Å². The van der Waals surface area contributed by atoms with Crippen molar-refractivity contribution in [1.82, 2.24) is 10.2 Å². The van der Waals surface area contributed by atoms with Crippen LogP contribution >= 0.6 is 11.3 Å². The average molecular weight is 389 g/mol. The minimum atomic E-state index is -0.323. The van der Waals surface area contributed by atoms with Crippen molar-refractivity contribution < 1.29 is 14.0 Å².